The highest BCUT2D eigenvalue weighted by molar-refractivity contribution is 7.15. The van der Waals surface area contributed by atoms with Gasteiger partial charge in [0.15, 0.2) is 16.6 Å². The van der Waals surface area contributed by atoms with Gasteiger partial charge in [0, 0.05) is 16.3 Å². The van der Waals surface area contributed by atoms with Gasteiger partial charge in [0.1, 0.15) is 6.61 Å². The minimum atomic E-state index is -0.705. The van der Waals surface area contributed by atoms with Crippen molar-refractivity contribution in [3.8, 4) is 11.5 Å². The van der Waals surface area contributed by atoms with Crippen LogP contribution in [0.1, 0.15) is 16.1 Å². The Labute approximate surface area is 165 Å². The number of benzene rings is 2. The largest absolute Gasteiger partial charge is 0.485 e. The fourth-order valence-corrected chi connectivity index (χ4v) is 3.89. The molecule has 5 nitrogen and oxygen atoms in total. The van der Waals surface area contributed by atoms with Gasteiger partial charge in [0.2, 0.25) is 6.10 Å². The van der Waals surface area contributed by atoms with Crippen molar-refractivity contribution < 1.29 is 14.3 Å². The number of aryl methyl sites for hydroxylation is 1. The van der Waals surface area contributed by atoms with Gasteiger partial charge in [-0.25, -0.2) is 4.98 Å². The van der Waals surface area contributed by atoms with Gasteiger partial charge in [-0.3, -0.25) is 10.1 Å². The highest BCUT2D eigenvalue weighted by Gasteiger charge is 2.28. The van der Waals surface area contributed by atoms with Gasteiger partial charge in [0.25, 0.3) is 5.91 Å². The Morgan fingerprint density at radius 3 is 2.74 bits per heavy atom. The smallest absolute Gasteiger partial charge is 0.270 e. The molecular formula is C20H17ClN2O3S. The van der Waals surface area contributed by atoms with Crippen LogP contribution >= 0.6 is 22.9 Å². The van der Waals surface area contributed by atoms with Gasteiger partial charge in [-0.15, -0.1) is 11.3 Å². The predicted octanol–water partition coefficient (Wildman–Crippen LogP) is 4.47. The lowest BCUT2D eigenvalue weighted by Crippen LogP contribution is -2.40. The topological polar surface area (TPSA) is 60.5 Å². The van der Waals surface area contributed by atoms with Crippen molar-refractivity contribution in [2.24, 2.45) is 0 Å². The Balaban J connectivity index is 1.42. The molecule has 138 valence electrons. The van der Waals surface area contributed by atoms with Crippen molar-refractivity contribution in [1.82, 2.24) is 4.98 Å². The summed E-state index contributed by atoms with van der Waals surface area (Å²) in [5.41, 5.74) is 2.04. The van der Waals surface area contributed by atoms with Gasteiger partial charge in [-0.1, -0.05) is 35.9 Å². The first kappa shape index (κ1) is 17.8. The van der Waals surface area contributed by atoms with Crippen LogP contribution in [0.2, 0.25) is 5.02 Å². The van der Waals surface area contributed by atoms with Crippen LogP contribution in [-0.4, -0.2) is 23.6 Å². The van der Waals surface area contributed by atoms with Crippen molar-refractivity contribution in [3.05, 3.63) is 69.7 Å². The lowest BCUT2D eigenvalue weighted by Gasteiger charge is -2.25. The number of para-hydroxylation sites is 2. The van der Waals surface area contributed by atoms with Crippen molar-refractivity contribution in [3.63, 3.8) is 0 Å². The summed E-state index contributed by atoms with van der Waals surface area (Å²) in [5, 5.41) is 4.11. The molecule has 0 saturated carbocycles. The summed E-state index contributed by atoms with van der Waals surface area (Å²) in [7, 11) is 0. The third-order valence-corrected chi connectivity index (χ3v) is 5.53. The quantitative estimate of drug-likeness (QED) is 0.701. The zero-order valence-electron chi connectivity index (χ0n) is 14.6. The molecule has 1 aliphatic heterocycles. The molecule has 1 aliphatic rings. The molecule has 0 saturated heterocycles. The Hall–Kier alpha value is -2.57. The maximum absolute atomic E-state index is 12.5. The van der Waals surface area contributed by atoms with E-state index in [2.05, 4.69) is 10.3 Å². The van der Waals surface area contributed by atoms with Crippen LogP contribution in [0.4, 0.5) is 5.13 Å². The van der Waals surface area contributed by atoms with Crippen LogP contribution in [0.25, 0.3) is 0 Å². The third kappa shape index (κ3) is 4.07. The van der Waals surface area contributed by atoms with Crippen LogP contribution < -0.4 is 14.8 Å². The standard InChI is InChI=1S/C20H17ClN2O3S/c1-12-18(10-13-6-8-14(21)9-7-13)27-20(22-12)23-19(24)17-11-25-15-4-2-3-5-16(15)26-17/h2-9,17H,10-11H2,1H3,(H,22,23,24). The number of fused-ring (bicyclic) bond motifs is 1. The number of hydrogen-bond acceptors (Lipinski definition) is 5. The highest BCUT2D eigenvalue weighted by Crippen LogP contribution is 2.31. The van der Waals surface area contributed by atoms with Crippen LogP contribution in [-0.2, 0) is 11.2 Å². The average Bonchev–Trinajstić information content (AvgIpc) is 3.02. The molecule has 0 spiro atoms. The Morgan fingerprint density at radius 2 is 1.96 bits per heavy atom. The molecule has 2 heterocycles. The molecule has 4 rings (SSSR count). The molecule has 1 unspecified atom stereocenters. The maximum atomic E-state index is 12.5. The second-order valence-electron chi connectivity index (χ2n) is 6.18. The summed E-state index contributed by atoms with van der Waals surface area (Å²) in [6, 6.07) is 15.0. The van der Waals surface area contributed by atoms with Crippen molar-refractivity contribution in [2.45, 2.75) is 19.4 Å². The molecule has 1 N–H and O–H groups in total. The SMILES string of the molecule is Cc1nc(NC(=O)C2COc3ccccc3O2)sc1Cc1ccc(Cl)cc1. The number of thiazole rings is 1. The van der Waals surface area contributed by atoms with Gasteiger partial charge in [-0.2, -0.15) is 0 Å². The van der Waals surface area contributed by atoms with Crippen molar-refractivity contribution in [2.75, 3.05) is 11.9 Å². The van der Waals surface area contributed by atoms with Crippen LogP contribution in [0.15, 0.2) is 48.5 Å². The third-order valence-electron chi connectivity index (χ3n) is 4.20. The molecule has 3 aromatic rings. The number of aromatic nitrogens is 1. The van der Waals surface area contributed by atoms with E-state index in [4.69, 9.17) is 21.1 Å². The van der Waals surface area contributed by atoms with E-state index in [1.165, 1.54) is 11.3 Å². The number of carbonyl (C=O) groups is 1. The van der Waals surface area contributed by atoms with E-state index in [9.17, 15) is 4.79 Å². The molecule has 0 radical (unpaired) electrons. The number of carbonyl (C=O) groups excluding carboxylic acids is 1. The van der Waals surface area contributed by atoms with Crippen LogP contribution in [0.5, 0.6) is 11.5 Å². The summed E-state index contributed by atoms with van der Waals surface area (Å²) in [6.07, 6.45) is 0.0382. The summed E-state index contributed by atoms with van der Waals surface area (Å²) in [4.78, 5) is 18.1. The molecule has 0 fully saturated rings. The van der Waals surface area contributed by atoms with Crippen molar-refractivity contribution in [1.29, 1.82) is 0 Å². The first-order chi connectivity index (χ1) is 13.1. The van der Waals surface area contributed by atoms with Gasteiger partial charge in [-0.05, 0) is 36.8 Å². The number of halogens is 1. The van der Waals surface area contributed by atoms with E-state index < -0.39 is 6.10 Å². The van der Waals surface area contributed by atoms with Crippen molar-refractivity contribution >= 4 is 34.0 Å². The molecule has 27 heavy (non-hydrogen) atoms. The molecule has 2 aromatic carbocycles. The van der Waals surface area contributed by atoms with E-state index in [0.717, 1.165) is 22.6 Å². The lowest BCUT2D eigenvalue weighted by molar-refractivity contribution is -0.125. The Kier molecular flexibility index (Phi) is 5.01. The molecule has 0 bridgehead atoms. The number of ether oxygens (including phenoxy) is 2. The number of rotatable bonds is 4. The zero-order valence-corrected chi connectivity index (χ0v) is 16.1. The summed E-state index contributed by atoms with van der Waals surface area (Å²) in [5.74, 6) is 0.954. The minimum absolute atomic E-state index is 0.171. The number of nitrogens with one attached hydrogen (secondary N) is 1. The Bertz CT molecular complexity index is 972. The van der Waals surface area contributed by atoms with Gasteiger partial charge >= 0.3 is 0 Å². The zero-order chi connectivity index (χ0) is 18.8. The van der Waals surface area contributed by atoms with Crippen LogP contribution in [0, 0.1) is 6.92 Å². The molecule has 7 heteroatoms. The monoisotopic (exact) mass is 400 g/mol. The second-order valence-corrected chi connectivity index (χ2v) is 7.70. The van der Waals surface area contributed by atoms with E-state index >= 15 is 0 Å². The second kappa shape index (κ2) is 7.58. The predicted molar refractivity (Wildman–Crippen MR) is 106 cm³/mol. The molecule has 1 aromatic heterocycles. The molecule has 1 atom stereocenters. The Morgan fingerprint density at radius 1 is 1.22 bits per heavy atom. The van der Waals surface area contributed by atoms with Crippen LogP contribution in [0.3, 0.4) is 0 Å². The lowest BCUT2D eigenvalue weighted by atomic mass is 10.1. The average molecular weight is 401 g/mol. The number of nitrogens with zero attached hydrogens (tertiary/aromatic N) is 1. The van der Waals surface area contributed by atoms with E-state index in [1.54, 1.807) is 6.07 Å². The number of amides is 1. The summed E-state index contributed by atoms with van der Waals surface area (Å²) >= 11 is 7.40. The minimum Gasteiger partial charge on any atom is -0.485 e. The molecule has 1 amide bonds. The number of anilines is 1. The van der Waals surface area contributed by atoms with Gasteiger partial charge < -0.3 is 9.47 Å². The van der Waals surface area contributed by atoms with E-state index in [-0.39, 0.29) is 12.5 Å². The first-order valence-electron chi connectivity index (χ1n) is 8.48. The van der Waals surface area contributed by atoms with E-state index in [0.29, 0.717) is 21.7 Å². The number of hydrogen-bond donors (Lipinski definition) is 1. The normalized spacial score (nSPS) is 15.4. The maximum Gasteiger partial charge on any atom is 0.270 e. The van der Waals surface area contributed by atoms with Gasteiger partial charge in [0.05, 0.1) is 5.69 Å². The summed E-state index contributed by atoms with van der Waals surface area (Å²) < 4.78 is 11.3. The highest BCUT2D eigenvalue weighted by atomic mass is 35.5. The van der Waals surface area contributed by atoms with E-state index in [1.807, 2.05) is 49.4 Å². The molecule has 0 aliphatic carbocycles. The summed E-state index contributed by atoms with van der Waals surface area (Å²) in [6.45, 7) is 2.11. The first-order valence-corrected chi connectivity index (χ1v) is 9.68. The molecular weight excluding hydrogens is 384 g/mol. The fraction of sp³-hybridized carbons (Fsp3) is 0.200. The fourth-order valence-electron chi connectivity index (χ4n) is 2.77.